The molecule has 3 amide bonds. The molecule has 5 unspecified atom stereocenters. The maximum atomic E-state index is 12.9. The number of aliphatic imine (C=N–C) groups is 2. The smallest absolute Gasteiger partial charge is 0.326 e. The fourth-order valence-electron chi connectivity index (χ4n) is 2.99. The Hall–Kier alpha value is -3.62. The lowest BCUT2D eigenvalue weighted by molar-refractivity contribution is -0.142. The number of nitrogens with zero attached hydrogens (tertiary/aromatic N) is 2. The maximum absolute atomic E-state index is 12.9. The predicted molar refractivity (Wildman–Crippen MR) is 136 cm³/mol. The first kappa shape index (κ1) is 32.4. The van der Waals surface area contributed by atoms with Crippen LogP contribution in [0.3, 0.4) is 0 Å². The van der Waals surface area contributed by atoms with Gasteiger partial charge in [0.2, 0.25) is 17.7 Å². The molecule has 0 aliphatic carbocycles. The molecule has 0 aromatic carbocycles. The van der Waals surface area contributed by atoms with E-state index in [-0.39, 0.29) is 43.8 Å². The lowest BCUT2D eigenvalue weighted by atomic mass is 9.98. The largest absolute Gasteiger partial charge is 0.480 e. The summed E-state index contributed by atoms with van der Waals surface area (Å²) in [6.07, 6.45) is 1.61. The Morgan fingerprint density at radius 3 is 1.69 bits per heavy atom. The standard InChI is InChI=1S/C21H42N10O5/c1-4-11(2)15(22)18(34)30-13(7-5-9-27-20(23)24)17(33)29-12(3)16(32)31-14(19(35)36)8-6-10-28-21(25)26/h11-15H,4-10,22H2,1-3H3,(H,29,33)(H,30,34)(H,31,32)(H,35,36)(H4,23,24,27)(H4,25,26,28). The van der Waals surface area contributed by atoms with Crippen molar-refractivity contribution in [3.8, 4) is 0 Å². The van der Waals surface area contributed by atoms with Gasteiger partial charge in [0.25, 0.3) is 0 Å². The van der Waals surface area contributed by atoms with Gasteiger partial charge < -0.3 is 49.7 Å². The van der Waals surface area contributed by atoms with Gasteiger partial charge in [0, 0.05) is 13.1 Å². The number of rotatable bonds is 17. The lowest BCUT2D eigenvalue weighted by Crippen LogP contribution is -2.57. The molecule has 36 heavy (non-hydrogen) atoms. The molecule has 0 fully saturated rings. The molecule has 5 atom stereocenters. The topological polar surface area (TPSA) is 279 Å². The van der Waals surface area contributed by atoms with E-state index in [1.54, 1.807) is 0 Å². The number of amides is 3. The van der Waals surface area contributed by atoms with Crippen molar-refractivity contribution in [2.45, 2.75) is 77.0 Å². The minimum absolute atomic E-state index is 0.0789. The number of carboxylic acid groups (broad SMARTS) is 1. The Balaban J connectivity index is 5.19. The van der Waals surface area contributed by atoms with Crippen molar-refractivity contribution in [3.63, 3.8) is 0 Å². The average molecular weight is 515 g/mol. The molecule has 0 saturated carbocycles. The highest BCUT2D eigenvalue weighted by atomic mass is 16.4. The van der Waals surface area contributed by atoms with Gasteiger partial charge in [-0.05, 0) is 38.5 Å². The van der Waals surface area contributed by atoms with E-state index in [4.69, 9.17) is 28.7 Å². The second-order valence-electron chi connectivity index (χ2n) is 8.50. The molecule has 0 aromatic rings. The van der Waals surface area contributed by atoms with Gasteiger partial charge in [-0.1, -0.05) is 20.3 Å². The molecule has 0 rings (SSSR count). The van der Waals surface area contributed by atoms with E-state index < -0.39 is 47.9 Å². The Kier molecular flexibility index (Phi) is 15.2. The molecule has 14 N–H and O–H groups in total. The van der Waals surface area contributed by atoms with E-state index in [2.05, 4.69) is 25.9 Å². The summed E-state index contributed by atoms with van der Waals surface area (Å²) < 4.78 is 0. The van der Waals surface area contributed by atoms with E-state index in [0.29, 0.717) is 19.3 Å². The van der Waals surface area contributed by atoms with Crippen LogP contribution in [0.4, 0.5) is 0 Å². The third-order valence-electron chi connectivity index (χ3n) is 5.45. The Labute approximate surface area is 211 Å². The Bertz CT molecular complexity index is 796. The summed E-state index contributed by atoms with van der Waals surface area (Å²) in [4.78, 5) is 57.1. The van der Waals surface area contributed by atoms with E-state index in [1.165, 1.54) is 6.92 Å². The van der Waals surface area contributed by atoms with Gasteiger partial charge in [0.15, 0.2) is 11.9 Å². The van der Waals surface area contributed by atoms with Gasteiger partial charge in [0.1, 0.15) is 18.1 Å². The lowest BCUT2D eigenvalue weighted by Gasteiger charge is -2.25. The van der Waals surface area contributed by atoms with Crippen molar-refractivity contribution in [1.82, 2.24) is 16.0 Å². The normalized spacial score (nSPS) is 14.8. The number of guanidine groups is 2. The number of carboxylic acids is 1. The fourth-order valence-corrected chi connectivity index (χ4v) is 2.99. The second kappa shape index (κ2) is 16.9. The molecule has 15 heteroatoms. The number of carbonyl (C=O) groups excluding carboxylic acids is 3. The number of hydrogen-bond acceptors (Lipinski definition) is 7. The first-order chi connectivity index (χ1) is 16.8. The van der Waals surface area contributed by atoms with Crippen molar-refractivity contribution in [2.75, 3.05) is 13.1 Å². The van der Waals surface area contributed by atoms with Crippen molar-refractivity contribution in [1.29, 1.82) is 0 Å². The van der Waals surface area contributed by atoms with Gasteiger partial charge in [-0.3, -0.25) is 24.4 Å². The van der Waals surface area contributed by atoms with Gasteiger partial charge in [-0.2, -0.15) is 0 Å². The molecule has 0 saturated heterocycles. The van der Waals surface area contributed by atoms with Crippen LogP contribution in [0.15, 0.2) is 9.98 Å². The zero-order valence-electron chi connectivity index (χ0n) is 21.2. The third-order valence-corrected chi connectivity index (χ3v) is 5.45. The molecular weight excluding hydrogens is 472 g/mol. The van der Waals surface area contributed by atoms with Gasteiger partial charge in [-0.15, -0.1) is 0 Å². The number of nitrogens with two attached hydrogens (primary N) is 5. The summed E-state index contributed by atoms with van der Waals surface area (Å²) in [7, 11) is 0. The highest BCUT2D eigenvalue weighted by Gasteiger charge is 2.29. The van der Waals surface area contributed by atoms with E-state index in [1.807, 2.05) is 13.8 Å². The predicted octanol–water partition coefficient (Wildman–Crippen LogP) is -2.97. The molecule has 206 valence electrons. The van der Waals surface area contributed by atoms with Crippen LogP contribution in [0.5, 0.6) is 0 Å². The van der Waals surface area contributed by atoms with Gasteiger partial charge >= 0.3 is 5.97 Å². The van der Waals surface area contributed by atoms with Crippen LogP contribution in [0.1, 0.15) is 52.9 Å². The second-order valence-corrected chi connectivity index (χ2v) is 8.50. The number of carbonyl (C=O) groups is 4. The zero-order valence-corrected chi connectivity index (χ0v) is 21.2. The van der Waals surface area contributed by atoms with Crippen LogP contribution in [0.2, 0.25) is 0 Å². The van der Waals surface area contributed by atoms with Crippen LogP contribution in [-0.2, 0) is 19.2 Å². The third kappa shape index (κ3) is 13.3. The van der Waals surface area contributed by atoms with Crippen LogP contribution < -0.4 is 44.6 Å². The molecule has 0 spiro atoms. The summed E-state index contributed by atoms with van der Waals surface area (Å²) >= 11 is 0. The van der Waals surface area contributed by atoms with Crippen molar-refractivity contribution < 1.29 is 24.3 Å². The molecule has 0 aliphatic heterocycles. The molecule has 0 heterocycles. The first-order valence-electron chi connectivity index (χ1n) is 11.8. The molecule has 0 aliphatic rings. The number of aliphatic carboxylic acids is 1. The fraction of sp³-hybridized carbons (Fsp3) is 0.714. The Morgan fingerprint density at radius 2 is 1.25 bits per heavy atom. The summed E-state index contributed by atoms with van der Waals surface area (Å²) in [5.74, 6) is -3.42. The maximum Gasteiger partial charge on any atom is 0.326 e. The molecule has 0 aromatic heterocycles. The summed E-state index contributed by atoms with van der Waals surface area (Å²) in [6, 6.07) is -4.11. The quantitative estimate of drug-likeness (QED) is 0.0539. The zero-order chi connectivity index (χ0) is 27.8. The SMILES string of the molecule is CCC(C)C(N)C(=O)NC(CCCN=C(N)N)C(=O)NC(C)C(=O)NC(CCCN=C(N)N)C(=O)O. The van der Waals surface area contributed by atoms with Crippen LogP contribution in [-0.4, -0.2) is 78.0 Å². The van der Waals surface area contributed by atoms with Crippen molar-refractivity contribution in [3.05, 3.63) is 0 Å². The van der Waals surface area contributed by atoms with Crippen LogP contribution >= 0.6 is 0 Å². The average Bonchev–Trinajstić information content (AvgIpc) is 2.80. The minimum atomic E-state index is -1.24. The van der Waals surface area contributed by atoms with Crippen LogP contribution in [0.25, 0.3) is 0 Å². The summed E-state index contributed by atoms with van der Waals surface area (Å²) in [5, 5.41) is 16.9. The first-order valence-corrected chi connectivity index (χ1v) is 11.8. The summed E-state index contributed by atoms with van der Waals surface area (Å²) in [5.41, 5.74) is 27.1. The molecule has 0 radical (unpaired) electrons. The van der Waals surface area contributed by atoms with Gasteiger partial charge in [-0.25, -0.2) is 4.79 Å². The van der Waals surface area contributed by atoms with E-state index in [9.17, 15) is 24.3 Å². The Morgan fingerprint density at radius 1 is 0.778 bits per heavy atom. The minimum Gasteiger partial charge on any atom is -0.480 e. The summed E-state index contributed by atoms with van der Waals surface area (Å²) in [6.45, 7) is 5.54. The van der Waals surface area contributed by atoms with E-state index in [0.717, 1.165) is 0 Å². The highest BCUT2D eigenvalue weighted by molar-refractivity contribution is 5.93. The number of nitrogens with one attached hydrogen (secondary N) is 3. The van der Waals surface area contributed by atoms with Gasteiger partial charge in [0.05, 0.1) is 6.04 Å². The highest BCUT2D eigenvalue weighted by Crippen LogP contribution is 2.07. The number of hydrogen-bond donors (Lipinski definition) is 9. The monoisotopic (exact) mass is 514 g/mol. The molecule has 15 nitrogen and oxygen atoms in total. The van der Waals surface area contributed by atoms with E-state index >= 15 is 0 Å². The molecular formula is C21H42N10O5. The van der Waals surface area contributed by atoms with Crippen molar-refractivity contribution >= 4 is 35.6 Å². The van der Waals surface area contributed by atoms with Crippen LogP contribution in [0, 0.1) is 5.92 Å². The molecule has 0 bridgehead atoms. The van der Waals surface area contributed by atoms with Crippen molar-refractivity contribution in [2.24, 2.45) is 44.6 Å².